The van der Waals surface area contributed by atoms with Gasteiger partial charge in [-0.15, -0.1) is 0 Å². The van der Waals surface area contributed by atoms with Crippen LogP contribution in [0.25, 0.3) is 0 Å². The molecule has 0 saturated carbocycles. The van der Waals surface area contributed by atoms with Gasteiger partial charge in [0, 0.05) is 14.2 Å². The molecule has 9 heavy (non-hydrogen) atoms. The summed E-state index contributed by atoms with van der Waals surface area (Å²) in [5.41, 5.74) is 0. The molecule has 0 fully saturated rings. The van der Waals surface area contributed by atoms with Gasteiger partial charge in [0.15, 0.2) is 0 Å². The summed E-state index contributed by atoms with van der Waals surface area (Å²) in [6.45, 7) is 4.20. The quantitative estimate of drug-likeness (QED) is 0.574. The van der Waals surface area contributed by atoms with Crippen LogP contribution in [-0.4, -0.2) is 32.6 Å². The average molecular weight is 165 g/mol. The lowest BCUT2D eigenvalue weighted by Gasteiger charge is -2.13. The zero-order chi connectivity index (χ0) is 7.28. The molecule has 0 aliphatic carbocycles. The van der Waals surface area contributed by atoms with Gasteiger partial charge in [-0.1, -0.05) is 0 Å². The molecule has 0 amide bonds. The van der Waals surface area contributed by atoms with Crippen LogP contribution in [0, 0.1) is 0 Å². The maximum absolute atomic E-state index is 5.11. The highest BCUT2D eigenvalue weighted by Crippen LogP contribution is 1.80. The first-order chi connectivity index (χ1) is 4.20. The van der Waals surface area contributed by atoms with E-state index in [-0.39, 0.29) is 0 Å². The maximum Gasteiger partial charge on any atom is 0.243 e. The SMILES string of the molecule is CO[SiH](C)N[SiH](C)OC. The number of hydrogen-bond donors (Lipinski definition) is 1. The second kappa shape index (κ2) is 5.13. The van der Waals surface area contributed by atoms with Crippen molar-refractivity contribution in [1.29, 1.82) is 0 Å². The summed E-state index contributed by atoms with van der Waals surface area (Å²) >= 11 is 0. The van der Waals surface area contributed by atoms with Crippen molar-refractivity contribution in [1.82, 2.24) is 4.65 Å². The Morgan fingerprint density at radius 3 is 1.56 bits per heavy atom. The summed E-state index contributed by atoms with van der Waals surface area (Å²) in [5, 5.41) is 0. The third-order valence-electron chi connectivity index (χ3n) is 1.18. The molecule has 0 aromatic rings. The lowest BCUT2D eigenvalue weighted by molar-refractivity contribution is 0.398. The first kappa shape index (κ1) is 9.31. The summed E-state index contributed by atoms with van der Waals surface area (Å²) in [4.78, 5) is 0. The Hall–Kier alpha value is 0.314. The molecule has 1 N–H and O–H groups in total. The second-order valence-corrected chi connectivity index (χ2v) is 6.77. The molecule has 0 aliphatic rings. The molecule has 0 aliphatic heterocycles. The summed E-state index contributed by atoms with van der Waals surface area (Å²) in [6.07, 6.45) is 0. The van der Waals surface area contributed by atoms with Crippen LogP contribution in [0.5, 0.6) is 0 Å². The normalized spacial score (nSPS) is 17.3. The molecule has 0 saturated heterocycles. The van der Waals surface area contributed by atoms with Crippen LogP contribution < -0.4 is 4.65 Å². The first-order valence-electron chi connectivity index (χ1n) is 3.02. The van der Waals surface area contributed by atoms with Crippen molar-refractivity contribution in [2.75, 3.05) is 14.2 Å². The van der Waals surface area contributed by atoms with Crippen molar-refractivity contribution in [3.05, 3.63) is 0 Å². The fourth-order valence-corrected chi connectivity index (χ4v) is 4.20. The lowest BCUT2D eigenvalue weighted by atomic mass is 11.8. The topological polar surface area (TPSA) is 30.5 Å². The Morgan fingerprint density at radius 2 is 1.33 bits per heavy atom. The minimum atomic E-state index is -1.07. The summed E-state index contributed by atoms with van der Waals surface area (Å²) in [7, 11) is 1.33. The molecule has 56 valence electrons. The van der Waals surface area contributed by atoms with Crippen LogP contribution in [0.15, 0.2) is 0 Å². The smallest absolute Gasteiger partial charge is 0.243 e. The molecular formula is C4H15NO2Si2. The van der Waals surface area contributed by atoms with E-state index in [1.807, 2.05) is 0 Å². The highest BCUT2D eigenvalue weighted by atomic mass is 28.4. The third-order valence-corrected chi connectivity index (χ3v) is 6.35. The third kappa shape index (κ3) is 4.79. The van der Waals surface area contributed by atoms with Crippen LogP contribution in [-0.2, 0) is 8.85 Å². The van der Waals surface area contributed by atoms with Crippen LogP contribution in [0.2, 0.25) is 13.1 Å². The Kier molecular flexibility index (Phi) is 5.31. The second-order valence-electron chi connectivity index (χ2n) is 1.92. The zero-order valence-corrected chi connectivity index (χ0v) is 8.78. The monoisotopic (exact) mass is 165 g/mol. The first-order valence-corrected chi connectivity index (χ1v) is 7.43. The van der Waals surface area contributed by atoms with Crippen molar-refractivity contribution in [3.8, 4) is 0 Å². The summed E-state index contributed by atoms with van der Waals surface area (Å²) < 4.78 is 13.5. The van der Waals surface area contributed by atoms with Gasteiger partial charge in [-0.2, -0.15) is 0 Å². The molecular weight excluding hydrogens is 150 g/mol. The van der Waals surface area contributed by atoms with Crippen LogP contribution in [0.4, 0.5) is 0 Å². The number of nitrogens with one attached hydrogen (secondary N) is 1. The molecule has 0 bridgehead atoms. The van der Waals surface area contributed by atoms with E-state index in [9.17, 15) is 0 Å². The standard InChI is InChI=1S/C4H15NO2Si2/c1-6-8(3)5-9(4)7-2/h5,8-9H,1-4H3. The number of hydrogen-bond acceptors (Lipinski definition) is 3. The number of rotatable bonds is 4. The minimum Gasteiger partial charge on any atom is -0.410 e. The van der Waals surface area contributed by atoms with Gasteiger partial charge in [-0.25, -0.2) is 0 Å². The summed E-state index contributed by atoms with van der Waals surface area (Å²) in [5.74, 6) is 0. The van der Waals surface area contributed by atoms with E-state index in [0.29, 0.717) is 0 Å². The van der Waals surface area contributed by atoms with Gasteiger partial charge in [0.25, 0.3) is 0 Å². The predicted molar refractivity (Wildman–Crippen MR) is 43.2 cm³/mol. The Bertz CT molecular complexity index is 65.6. The minimum absolute atomic E-state index is 1.07. The molecule has 2 unspecified atom stereocenters. The molecule has 3 nitrogen and oxygen atoms in total. The van der Waals surface area contributed by atoms with Crippen molar-refractivity contribution < 1.29 is 8.85 Å². The van der Waals surface area contributed by atoms with Crippen molar-refractivity contribution in [2.24, 2.45) is 0 Å². The fraction of sp³-hybridized carbons (Fsp3) is 1.00. The molecule has 0 rings (SSSR count). The van der Waals surface area contributed by atoms with Crippen LogP contribution >= 0.6 is 0 Å². The Balaban J connectivity index is 3.22. The van der Waals surface area contributed by atoms with Gasteiger partial charge in [0.1, 0.15) is 0 Å². The van der Waals surface area contributed by atoms with E-state index in [2.05, 4.69) is 17.7 Å². The molecule has 2 atom stereocenters. The molecule has 0 radical (unpaired) electrons. The van der Waals surface area contributed by atoms with Gasteiger partial charge in [-0.3, -0.25) is 0 Å². The highest BCUT2D eigenvalue weighted by Gasteiger charge is 2.07. The highest BCUT2D eigenvalue weighted by molar-refractivity contribution is 6.65. The molecule has 0 heterocycles. The predicted octanol–water partition coefficient (Wildman–Crippen LogP) is -0.431. The molecule has 0 aromatic carbocycles. The van der Waals surface area contributed by atoms with E-state index in [1.54, 1.807) is 14.2 Å². The van der Waals surface area contributed by atoms with Gasteiger partial charge >= 0.3 is 0 Å². The van der Waals surface area contributed by atoms with E-state index in [1.165, 1.54) is 0 Å². The van der Waals surface area contributed by atoms with Crippen molar-refractivity contribution in [3.63, 3.8) is 0 Å². The maximum atomic E-state index is 5.11. The van der Waals surface area contributed by atoms with E-state index >= 15 is 0 Å². The largest absolute Gasteiger partial charge is 0.410 e. The van der Waals surface area contributed by atoms with Crippen LogP contribution in [0.3, 0.4) is 0 Å². The zero-order valence-electron chi connectivity index (χ0n) is 6.47. The van der Waals surface area contributed by atoms with Gasteiger partial charge in [0.2, 0.25) is 18.4 Å². The van der Waals surface area contributed by atoms with Crippen LogP contribution in [0.1, 0.15) is 0 Å². The molecule has 0 spiro atoms. The van der Waals surface area contributed by atoms with Gasteiger partial charge < -0.3 is 13.5 Å². The Labute approximate surface area is 60.0 Å². The summed E-state index contributed by atoms with van der Waals surface area (Å²) in [6, 6.07) is 0. The Morgan fingerprint density at radius 1 is 1.00 bits per heavy atom. The van der Waals surface area contributed by atoms with Gasteiger partial charge in [0.05, 0.1) is 0 Å². The van der Waals surface area contributed by atoms with E-state index in [0.717, 1.165) is 0 Å². The van der Waals surface area contributed by atoms with Crippen molar-refractivity contribution in [2.45, 2.75) is 13.1 Å². The fourth-order valence-electron chi connectivity index (χ4n) is 0.467. The van der Waals surface area contributed by atoms with E-state index < -0.39 is 18.4 Å². The van der Waals surface area contributed by atoms with Gasteiger partial charge in [-0.05, 0) is 13.1 Å². The molecule has 5 heteroatoms. The molecule has 0 aromatic heterocycles. The lowest BCUT2D eigenvalue weighted by Crippen LogP contribution is -2.44. The van der Waals surface area contributed by atoms with E-state index in [4.69, 9.17) is 8.85 Å². The van der Waals surface area contributed by atoms with Crippen molar-refractivity contribution >= 4 is 18.4 Å². The average Bonchev–Trinajstić information content (AvgIpc) is 1.87.